The minimum atomic E-state index is -3.31. The standard InChI is InChI=1S/C15H15NO3S/c17-15(14-8-1-2-10-20(14,18)19)12-5-3-7-13-11(12)6-4-9-16-13/h3-7,9,14H,1-2,8,10H2. The van der Waals surface area contributed by atoms with Gasteiger partial charge in [0.05, 0.1) is 11.3 Å². The van der Waals surface area contributed by atoms with Gasteiger partial charge in [0.25, 0.3) is 0 Å². The summed E-state index contributed by atoms with van der Waals surface area (Å²) in [5.74, 6) is -0.171. The van der Waals surface area contributed by atoms with Crippen LogP contribution in [-0.4, -0.2) is 30.2 Å². The predicted octanol–water partition coefficient (Wildman–Crippen LogP) is 2.38. The molecule has 1 aliphatic heterocycles. The molecule has 0 radical (unpaired) electrons. The summed E-state index contributed by atoms with van der Waals surface area (Å²) < 4.78 is 24.2. The Morgan fingerprint density at radius 3 is 2.80 bits per heavy atom. The first-order valence-electron chi connectivity index (χ1n) is 6.69. The van der Waals surface area contributed by atoms with Gasteiger partial charge < -0.3 is 0 Å². The summed E-state index contributed by atoms with van der Waals surface area (Å²) in [6.07, 6.45) is 3.54. The Morgan fingerprint density at radius 1 is 1.15 bits per heavy atom. The van der Waals surface area contributed by atoms with Crippen molar-refractivity contribution in [3.63, 3.8) is 0 Å². The van der Waals surface area contributed by atoms with Crippen LogP contribution in [0.4, 0.5) is 0 Å². The number of aromatic nitrogens is 1. The van der Waals surface area contributed by atoms with Crippen molar-refractivity contribution in [2.45, 2.75) is 24.5 Å². The highest BCUT2D eigenvalue weighted by Gasteiger charge is 2.35. The molecule has 0 saturated carbocycles. The van der Waals surface area contributed by atoms with Gasteiger partial charge in [-0.2, -0.15) is 0 Å². The van der Waals surface area contributed by atoms with Gasteiger partial charge in [-0.15, -0.1) is 0 Å². The topological polar surface area (TPSA) is 64.1 Å². The smallest absolute Gasteiger partial charge is 0.181 e. The first-order valence-corrected chi connectivity index (χ1v) is 8.41. The Morgan fingerprint density at radius 2 is 2.00 bits per heavy atom. The number of sulfone groups is 1. The quantitative estimate of drug-likeness (QED) is 0.796. The van der Waals surface area contributed by atoms with E-state index in [0.717, 1.165) is 11.8 Å². The van der Waals surface area contributed by atoms with Crippen molar-refractivity contribution < 1.29 is 13.2 Å². The summed E-state index contributed by atoms with van der Waals surface area (Å²) in [6, 6.07) is 8.83. The molecule has 1 fully saturated rings. The number of hydrogen-bond donors (Lipinski definition) is 0. The largest absolute Gasteiger partial charge is 0.293 e. The second-order valence-corrected chi connectivity index (χ2v) is 7.39. The fraction of sp³-hybridized carbons (Fsp3) is 0.333. The maximum atomic E-state index is 12.6. The minimum absolute atomic E-state index is 0.117. The lowest BCUT2D eigenvalue weighted by molar-refractivity contribution is 0.0983. The molecular formula is C15H15NO3S. The van der Waals surface area contributed by atoms with E-state index in [0.29, 0.717) is 23.9 Å². The number of carbonyl (C=O) groups excluding carboxylic acids is 1. The van der Waals surface area contributed by atoms with Crippen LogP contribution >= 0.6 is 0 Å². The second kappa shape index (κ2) is 4.98. The molecule has 1 saturated heterocycles. The van der Waals surface area contributed by atoms with Crippen LogP contribution in [0.3, 0.4) is 0 Å². The molecule has 104 valence electrons. The van der Waals surface area contributed by atoms with E-state index in [9.17, 15) is 13.2 Å². The lowest BCUT2D eigenvalue weighted by Crippen LogP contribution is -2.35. The summed E-state index contributed by atoms with van der Waals surface area (Å²) in [4.78, 5) is 16.8. The molecule has 1 aromatic carbocycles. The molecule has 0 amide bonds. The Balaban J connectivity index is 2.09. The monoisotopic (exact) mass is 289 g/mol. The van der Waals surface area contributed by atoms with Gasteiger partial charge in [0.1, 0.15) is 5.25 Å². The van der Waals surface area contributed by atoms with E-state index < -0.39 is 15.1 Å². The van der Waals surface area contributed by atoms with Gasteiger partial charge in [0, 0.05) is 17.1 Å². The normalized spacial score (nSPS) is 21.7. The number of pyridine rings is 1. The van der Waals surface area contributed by atoms with Crippen molar-refractivity contribution in [1.29, 1.82) is 0 Å². The van der Waals surface area contributed by atoms with Gasteiger partial charge in [-0.05, 0) is 25.0 Å². The average Bonchev–Trinajstić information content (AvgIpc) is 2.45. The molecule has 1 unspecified atom stereocenters. The predicted molar refractivity (Wildman–Crippen MR) is 77.5 cm³/mol. The molecule has 0 bridgehead atoms. The Labute approximate surface area is 117 Å². The van der Waals surface area contributed by atoms with Crippen molar-refractivity contribution in [2.75, 3.05) is 5.75 Å². The first-order chi connectivity index (χ1) is 9.59. The molecule has 0 aliphatic carbocycles. The number of hydrogen-bond acceptors (Lipinski definition) is 4. The summed E-state index contributed by atoms with van der Waals surface area (Å²) in [5.41, 5.74) is 1.18. The van der Waals surface area contributed by atoms with Crippen LogP contribution in [0.1, 0.15) is 29.6 Å². The van der Waals surface area contributed by atoms with Crippen molar-refractivity contribution in [2.24, 2.45) is 0 Å². The molecule has 2 heterocycles. The molecule has 5 heteroatoms. The van der Waals surface area contributed by atoms with E-state index in [1.807, 2.05) is 12.1 Å². The molecule has 0 N–H and O–H groups in total. The van der Waals surface area contributed by atoms with Crippen LogP contribution in [0, 0.1) is 0 Å². The Kier molecular flexibility index (Phi) is 3.30. The zero-order valence-corrected chi connectivity index (χ0v) is 11.8. The van der Waals surface area contributed by atoms with Gasteiger partial charge in [0.15, 0.2) is 15.6 Å². The van der Waals surface area contributed by atoms with Gasteiger partial charge in [-0.25, -0.2) is 8.42 Å². The van der Waals surface area contributed by atoms with Crippen molar-refractivity contribution >= 4 is 26.5 Å². The van der Waals surface area contributed by atoms with E-state index in [2.05, 4.69) is 4.98 Å². The summed E-state index contributed by atoms with van der Waals surface area (Å²) in [5, 5.41) is -0.164. The summed E-state index contributed by atoms with van der Waals surface area (Å²) in [7, 11) is -3.31. The lowest BCUT2D eigenvalue weighted by atomic mass is 10.00. The molecule has 1 aromatic heterocycles. The Hall–Kier alpha value is -1.75. The van der Waals surface area contributed by atoms with Crippen molar-refractivity contribution in [3.05, 3.63) is 42.1 Å². The van der Waals surface area contributed by atoms with E-state index >= 15 is 0 Å². The number of ketones is 1. The summed E-state index contributed by atoms with van der Waals surface area (Å²) in [6.45, 7) is 0. The molecule has 4 nitrogen and oxygen atoms in total. The zero-order chi connectivity index (χ0) is 14.2. The van der Waals surface area contributed by atoms with E-state index in [4.69, 9.17) is 0 Å². The Bertz CT molecular complexity index is 762. The van der Waals surface area contributed by atoms with Crippen LogP contribution in [0.25, 0.3) is 10.9 Å². The lowest BCUT2D eigenvalue weighted by Gasteiger charge is -2.21. The highest BCUT2D eigenvalue weighted by atomic mass is 32.2. The van der Waals surface area contributed by atoms with Gasteiger partial charge in [0.2, 0.25) is 0 Å². The first kappa shape index (κ1) is 13.2. The van der Waals surface area contributed by atoms with Crippen LogP contribution in [0.2, 0.25) is 0 Å². The fourth-order valence-electron chi connectivity index (χ4n) is 2.74. The number of nitrogens with zero attached hydrogens (tertiary/aromatic N) is 1. The molecule has 1 aliphatic rings. The highest BCUT2D eigenvalue weighted by molar-refractivity contribution is 7.92. The third-order valence-corrected chi connectivity index (χ3v) is 5.96. The van der Waals surface area contributed by atoms with Crippen molar-refractivity contribution in [3.8, 4) is 0 Å². The summed E-state index contributed by atoms with van der Waals surface area (Å²) >= 11 is 0. The molecule has 1 atom stereocenters. The van der Waals surface area contributed by atoms with E-state index in [1.54, 1.807) is 24.4 Å². The highest BCUT2D eigenvalue weighted by Crippen LogP contribution is 2.26. The van der Waals surface area contributed by atoms with Gasteiger partial charge in [-0.1, -0.05) is 24.6 Å². The number of rotatable bonds is 2. The van der Waals surface area contributed by atoms with E-state index in [1.165, 1.54) is 0 Å². The maximum absolute atomic E-state index is 12.6. The van der Waals surface area contributed by atoms with Crippen LogP contribution in [0.5, 0.6) is 0 Å². The molecule has 2 aromatic rings. The third kappa shape index (κ3) is 2.22. The number of Topliss-reactive ketones (excluding diaryl/α,β-unsaturated/α-hetero) is 1. The maximum Gasteiger partial charge on any atom is 0.181 e. The molecule has 3 rings (SSSR count). The number of benzene rings is 1. The minimum Gasteiger partial charge on any atom is -0.293 e. The van der Waals surface area contributed by atoms with Gasteiger partial charge >= 0.3 is 0 Å². The number of carbonyl (C=O) groups is 1. The van der Waals surface area contributed by atoms with Crippen LogP contribution in [0.15, 0.2) is 36.5 Å². The van der Waals surface area contributed by atoms with E-state index in [-0.39, 0.29) is 11.5 Å². The zero-order valence-electron chi connectivity index (χ0n) is 11.0. The fourth-order valence-corrected chi connectivity index (χ4v) is 4.61. The number of fused-ring (bicyclic) bond motifs is 1. The van der Waals surface area contributed by atoms with Crippen LogP contribution < -0.4 is 0 Å². The third-order valence-electron chi connectivity index (χ3n) is 3.78. The molecule has 0 spiro atoms. The molecule has 20 heavy (non-hydrogen) atoms. The molecular weight excluding hydrogens is 274 g/mol. The average molecular weight is 289 g/mol. The second-order valence-electron chi connectivity index (χ2n) is 5.09. The van der Waals surface area contributed by atoms with Gasteiger partial charge in [-0.3, -0.25) is 9.78 Å². The van der Waals surface area contributed by atoms with Crippen LogP contribution in [-0.2, 0) is 9.84 Å². The SMILES string of the molecule is O=C(c1cccc2ncccc12)C1CCCCS1(=O)=O. The van der Waals surface area contributed by atoms with Crippen molar-refractivity contribution in [1.82, 2.24) is 4.98 Å².